The van der Waals surface area contributed by atoms with Crippen LogP contribution in [-0.4, -0.2) is 5.71 Å². The standard InChI is InChI=1S/C26H20N2/c27-22-10-12-24-20(15-22)14-21-16-23(28)11-13-25(21)26(24)19-8-6-18(7-9-19)17-4-2-1-3-5-17/h1-13,15-16,27H,14,28H2. The maximum atomic E-state index is 8.02. The maximum Gasteiger partial charge on any atom is 0.0543 e. The molecule has 3 aromatic carbocycles. The highest BCUT2D eigenvalue weighted by Gasteiger charge is 2.24. The number of hydrogen-bond donors (Lipinski definition) is 2. The molecule has 5 rings (SSSR count). The predicted molar refractivity (Wildman–Crippen MR) is 117 cm³/mol. The number of anilines is 1. The Kier molecular flexibility index (Phi) is 3.84. The van der Waals surface area contributed by atoms with E-state index in [1.54, 1.807) is 0 Å². The molecule has 0 fully saturated rings. The van der Waals surface area contributed by atoms with Crippen LogP contribution >= 0.6 is 0 Å². The first-order valence-corrected chi connectivity index (χ1v) is 9.45. The van der Waals surface area contributed by atoms with Gasteiger partial charge in [0.25, 0.3) is 0 Å². The van der Waals surface area contributed by atoms with Gasteiger partial charge in [0.1, 0.15) is 0 Å². The molecule has 0 radical (unpaired) electrons. The van der Waals surface area contributed by atoms with Gasteiger partial charge in [-0.15, -0.1) is 0 Å². The number of allylic oxidation sites excluding steroid dienone is 5. The van der Waals surface area contributed by atoms with Crippen LogP contribution in [0.5, 0.6) is 0 Å². The molecule has 0 aromatic heterocycles. The summed E-state index contributed by atoms with van der Waals surface area (Å²) in [5.74, 6) is 0. The van der Waals surface area contributed by atoms with Crippen LogP contribution in [0.3, 0.4) is 0 Å². The number of hydrogen-bond acceptors (Lipinski definition) is 2. The minimum Gasteiger partial charge on any atom is -0.399 e. The Balaban J connectivity index is 1.67. The van der Waals surface area contributed by atoms with Gasteiger partial charge in [-0.2, -0.15) is 0 Å². The summed E-state index contributed by atoms with van der Waals surface area (Å²) in [5.41, 5.74) is 17.1. The summed E-state index contributed by atoms with van der Waals surface area (Å²) in [6.45, 7) is 0. The Morgan fingerprint density at radius 1 is 0.750 bits per heavy atom. The molecule has 2 nitrogen and oxygen atoms in total. The van der Waals surface area contributed by atoms with Gasteiger partial charge in [-0.25, -0.2) is 0 Å². The second-order valence-corrected chi connectivity index (χ2v) is 7.28. The summed E-state index contributed by atoms with van der Waals surface area (Å²) < 4.78 is 0. The summed E-state index contributed by atoms with van der Waals surface area (Å²) in [5, 5.41) is 8.02. The van der Waals surface area contributed by atoms with Gasteiger partial charge in [0, 0.05) is 5.69 Å². The van der Waals surface area contributed by atoms with Crippen molar-refractivity contribution >= 4 is 17.0 Å². The summed E-state index contributed by atoms with van der Waals surface area (Å²) in [6, 6.07) is 25.3. The number of benzene rings is 3. The summed E-state index contributed by atoms with van der Waals surface area (Å²) >= 11 is 0. The van der Waals surface area contributed by atoms with Crippen LogP contribution in [0.25, 0.3) is 16.7 Å². The van der Waals surface area contributed by atoms with E-state index in [1.807, 2.05) is 24.3 Å². The SMILES string of the molecule is N=C1C=CC2=C(c3ccc(-c4ccccc4)cc3)c3ccc(N)cc3CC2=C1. The minimum absolute atomic E-state index is 0.546. The van der Waals surface area contributed by atoms with Crippen LogP contribution in [0.2, 0.25) is 0 Å². The lowest BCUT2D eigenvalue weighted by molar-refractivity contribution is 1.13. The van der Waals surface area contributed by atoms with Crippen molar-refractivity contribution in [2.45, 2.75) is 6.42 Å². The van der Waals surface area contributed by atoms with Crippen molar-refractivity contribution < 1.29 is 0 Å². The van der Waals surface area contributed by atoms with E-state index >= 15 is 0 Å². The van der Waals surface area contributed by atoms with Crippen LogP contribution in [-0.2, 0) is 6.42 Å². The van der Waals surface area contributed by atoms with Gasteiger partial charge in [-0.1, -0.05) is 66.7 Å². The van der Waals surface area contributed by atoms with Crippen molar-refractivity contribution in [1.29, 1.82) is 5.41 Å². The number of fused-ring (bicyclic) bond motifs is 2. The first kappa shape index (κ1) is 16.5. The lowest BCUT2D eigenvalue weighted by atomic mass is 9.77. The monoisotopic (exact) mass is 360 g/mol. The van der Waals surface area contributed by atoms with Gasteiger partial charge in [0.2, 0.25) is 0 Å². The Labute approximate surface area is 164 Å². The molecule has 3 aromatic rings. The molecule has 2 aliphatic rings. The van der Waals surface area contributed by atoms with E-state index in [-0.39, 0.29) is 0 Å². The molecule has 3 N–H and O–H groups in total. The van der Waals surface area contributed by atoms with Crippen LogP contribution in [0.1, 0.15) is 16.7 Å². The molecular weight excluding hydrogens is 340 g/mol. The van der Waals surface area contributed by atoms with E-state index in [0.29, 0.717) is 5.71 Å². The quantitative estimate of drug-likeness (QED) is 0.557. The van der Waals surface area contributed by atoms with Crippen molar-refractivity contribution in [3.05, 3.63) is 119 Å². The van der Waals surface area contributed by atoms with Crippen molar-refractivity contribution in [3.8, 4) is 11.1 Å². The minimum atomic E-state index is 0.546. The fraction of sp³-hybridized carbons (Fsp3) is 0.0385. The Morgan fingerprint density at radius 2 is 1.46 bits per heavy atom. The average molecular weight is 360 g/mol. The zero-order chi connectivity index (χ0) is 19.1. The second kappa shape index (κ2) is 6.50. The predicted octanol–water partition coefficient (Wildman–Crippen LogP) is 5.81. The normalized spacial score (nSPS) is 15.1. The third-order valence-electron chi connectivity index (χ3n) is 5.43. The van der Waals surface area contributed by atoms with E-state index in [4.69, 9.17) is 11.1 Å². The molecule has 0 saturated heterocycles. The molecule has 0 spiro atoms. The van der Waals surface area contributed by atoms with Crippen molar-refractivity contribution in [1.82, 2.24) is 0 Å². The third-order valence-corrected chi connectivity index (χ3v) is 5.43. The highest BCUT2D eigenvalue weighted by atomic mass is 14.5. The van der Waals surface area contributed by atoms with Gasteiger partial charge < -0.3 is 11.1 Å². The second-order valence-electron chi connectivity index (χ2n) is 7.28. The maximum absolute atomic E-state index is 8.02. The van der Waals surface area contributed by atoms with Gasteiger partial charge >= 0.3 is 0 Å². The zero-order valence-corrected chi connectivity index (χ0v) is 15.4. The largest absolute Gasteiger partial charge is 0.399 e. The average Bonchev–Trinajstić information content (AvgIpc) is 2.72. The fourth-order valence-electron chi connectivity index (χ4n) is 4.11. The van der Waals surface area contributed by atoms with Crippen molar-refractivity contribution in [3.63, 3.8) is 0 Å². The highest BCUT2D eigenvalue weighted by molar-refractivity contribution is 6.07. The highest BCUT2D eigenvalue weighted by Crippen LogP contribution is 2.41. The zero-order valence-electron chi connectivity index (χ0n) is 15.4. The van der Waals surface area contributed by atoms with Gasteiger partial charge in [-0.05, 0) is 75.2 Å². The molecule has 0 unspecified atom stereocenters. The molecule has 2 heteroatoms. The summed E-state index contributed by atoms with van der Waals surface area (Å²) in [4.78, 5) is 0. The Hall–Kier alpha value is -3.65. The number of nitrogens with one attached hydrogen (secondary N) is 1. The molecule has 0 atom stereocenters. The van der Waals surface area contributed by atoms with E-state index in [1.165, 1.54) is 44.5 Å². The van der Waals surface area contributed by atoms with E-state index < -0.39 is 0 Å². The molecule has 0 aliphatic heterocycles. The molecular formula is C26H20N2. The van der Waals surface area contributed by atoms with Gasteiger partial charge in [0.15, 0.2) is 0 Å². The fourth-order valence-corrected chi connectivity index (χ4v) is 4.11. The Morgan fingerprint density at radius 3 is 2.25 bits per heavy atom. The van der Waals surface area contributed by atoms with Crippen LogP contribution < -0.4 is 5.73 Å². The molecule has 0 amide bonds. The molecule has 134 valence electrons. The number of rotatable bonds is 2. The van der Waals surface area contributed by atoms with Gasteiger partial charge in [-0.3, -0.25) is 0 Å². The molecule has 0 bridgehead atoms. The van der Waals surface area contributed by atoms with E-state index in [0.717, 1.165) is 12.1 Å². The first-order chi connectivity index (χ1) is 13.7. The molecule has 2 aliphatic carbocycles. The molecule has 0 heterocycles. The Bertz CT molecular complexity index is 1180. The number of nitrogen functional groups attached to an aromatic ring is 1. The summed E-state index contributed by atoms with van der Waals surface area (Å²) in [7, 11) is 0. The lowest BCUT2D eigenvalue weighted by Gasteiger charge is -2.27. The molecule has 0 saturated carbocycles. The topological polar surface area (TPSA) is 49.9 Å². The van der Waals surface area contributed by atoms with Gasteiger partial charge in [0.05, 0.1) is 5.71 Å². The smallest absolute Gasteiger partial charge is 0.0543 e. The summed E-state index contributed by atoms with van der Waals surface area (Å²) in [6.07, 6.45) is 6.74. The van der Waals surface area contributed by atoms with Crippen LogP contribution in [0.4, 0.5) is 5.69 Å². The van der Waals surface area contributed by atoms with Crippen molar-refractivity contribution in [2.24, 2.45) is 0 Å². The third kappa shape index (κ3) is 2.80. The first-order valence-electron chi connectivity index (χ1n) is 9.45. The van der Waals surface area contributed by atoms with E-state index in [9.17, 15) is 0 Å². The lowest BCUT2D eigenvalue weighted by Crippen LogP contribution is -2.12. The van der Waals surface area contributed by atoms with Crippen LogP contribution in [0, 0.1) is 5.41 Å². The number of nitrogens with two attached hydrogens (primary N) is 1. The van der Waals surface area contributed by atoms with Crippen molar-refractivity contribution in [2.75, 3.05) is 5.73 Å². The van der Waals surface area contributed by atoms with Crippen LogP contribution in [0.15, 0.2) is 102 Å². The van der Waals surface area contributed by atoms with E-state index in [2.05, 4.69) is 66.7 Å². The molecule has 28 heavy (non-hydrogen) atoms.